The normalized spacial score (nSPS) is 13.9. The Morgan fingerprint density at radius 3 is 2.58 bits per heavy atom. The molecule has 19 heavy (non-hydrogen) atoms. The monoisotopic (exact) mass is 266 g/mol. The lowest BCUT2D eigenvalue weighted by atomic mass is 9.99. The van der Waals surface area contributed by atoms with Gasteiger partial charge in [-0.05, 0) is 31.4 Å². The fourth-order valence-corrected chi connectivity index (χ4v) is 1.92. The van der Waals surface area contributed by atoms with E-state index in [0.717, 1.165) is 0 Å². The van der Waals surface area contributed by atoms with Crippen molar-refractivity contribution in [1.82, 2.24) is 4.90 Å². The number of carbonyl (C=O) groups excluding carboxylic acids is 1. The molecular formula is C15H23FN2O. The largest absolute Gasteiger partial charge is 0.342 e. The number of benzene rings is 1. The fourth-order valence-electron chi connectivity index (χ4n) is 1.92. The number of nitrogens with two attached hydrogens (primary N) is 1. The van der Waals surface area contributed by atoms with Gasteiger partial charge < -0.3 is 10.6 Å². The molecule has 0 bridgehead atoms. The van der Waals surface area contributed by atoms with Crippen LogP contribution < -0.4 is 5.73 Å². The molecule has 0 fully saturated rings. The smallest absolute Gasteiger partial charge is 0.225 e. The highest BCUT2D eigenvalue weighted by Gasteiger charge is 2.20. The molecule has 2 unspecified atom stereocenters. The predicted octanol–water partition coefficient (Wildman–Crippen LogP) is 2.20. The van der Waals surface area contributed by atoms with Crippen molar-refractivity contribution >= 4 is 5.91 Å². The molecule has 0 heterocycles. The SMILES string of the molecule is CC(CCc1ccccc1F)C(=O)N(C)C(C)CN. The second kappa shape index (κ2) is 7.24. The van der Waals surface area contributed by atoms with Crippen molar-refractivity contribution in [2.45, 2.75) is 32.7 Å². The van der Waals surface area contributed by atoms with E-state index in [1.807, 2.05) is 19.9 Å². The van der Waals surface area contributed by atoms with Crippen molar-refractivity contribution in [2.24, 2.45) is 11.7 Å². The summed E-state index contributed by atoms with van der Waals surface area (Å²) < 4.78 is 13.5. The van der Waals surface area contributed by atoms with E-state index in [1.54, 1.807) is 24.1 Å². The van der Waals surface area contributed by atoms with Crippen LogP contribution in [0, 0.1) is 11.7 Å². The maximum absolute atomic E-state index is 13.5. The fraction of sp³-hybridized carbons (Fsp3) is 0.533. The molecule has 1 rings (SSSR count). The molecule has 0 spiro atoms. The van der Waals surface area contributed by atoms with Crippen LogP contribution in [-0.4, -0.2) is 30.4 Å². The summed E-state index contributed by atoms with van der Waals surface area (Å²) in [6.45, 7) is 4.24. The first kappa shape index (κ1) is 15.6. The lowest BCUT2D eigenvalue weighted by Crippen LogP contribution is -2.42. The summed E-state index contributed by atoms with van der Waals surface area (Å²) >= 11 is 0. The van der Waals surface area contributed by atoms with Gasteiger partial charge >= 0.3 is 0 Å². The molecule has 0 aliphatic heterocycles. The standard InChI is InChI=1S/C15H23FN2O/c1-11(15(19)18(3)12(2)10-17)8-9-13-6-4-5-7-14(13)16/h4-7,11-12H,8-10,17H2,1-3H3. The maximum Gasteiger partial charge on any atom is 0.225 e. The lowest BCUT2D eigenvalue weighted by Gasteiger charge is -2.26. The molecule has 0 aliphatic rings. The van der Waals surface area contributed by atoms with E-state index in [-0.39, 0.29) is 23.7 Å². The number of carbonyl (C=O) groups is 1. The zero-order valence-electron chi connectivity index (χ0n) is 11.9. The molecule has 1 aromatic rings. The average molecular weight is 266 g/mol. The van der Waals surface area contributed by atoms with Crippen molar-refractivity contribution in [1.29, 1.82) is 0 Å². The number of aryl methyl sites for hydroxylation is 1. The van der Waals surface area contributed by atoms with Crippen molar-refractivity contribution in [3.05, 3.63) is 35.6 Å². The van der Waals surface area contributed by atoms with Gasteiger partial charge in [0.25, 0.3) is 0 Å². The summed E-state index contributed by atoms with van der Waals surface area (Å²) in [5, 5.41) is 0. The minimum atomic E-state index is -0.203. The topological polar surface area (TPSA) is 46.3 Å². The van der Waals surface area contributed by atoms with Crippen LogP contribution in [0.4, 0.5) is 4.39 Å². The molecule has 2 N–H and O–H groups in total. The maximum atomic E-state index is 13.5. The van der Waals surface area contributed by atoms with Crippen LogP contribution in [0.25, 0.3) is 0 Å². The molecule has 106 valence electrons. The van der Waals surface area contributed by atoms with Gasteiger partial charge in [-0.15, -0.1) is 0 Å². The van der Waals surface area contributed by atoms with Gasteiger partial charge in [0.05, 0.1) is 0 Å². The number of nitrogens with zero attached hydrogens (tertiary/aromatic N) is 1. The van der Waals surface area contributed by atoms with Crippen LogP contribution in [-0.2, 0) is 11.2 Å². The molecular weight excluding hydrogens is 243 g/mol. The highest BCUT2D eigenvalue weighted by atomic mass is 19.1. The van der Waals surface area contributed by atoms with Gasteiger partial charge in [0.1, 0.15) is 5.82 Å². The van der Waals surface area contributed by atoms with Crippen LogP contribution in [0.1, 0.15) is 25.8 Å². The van der Waals surface area contributed by atoms with E-state index in [0.29, 0.717) is 24.9 Å². The summed E-state index contributed by atoms with van der Waals surface area (Å²) in [6, 6.07) is 6.73. The number of hydrogen-bond donors (Lipinski definition) is 1. The van der Waals surface area contributed by atoms with Crippen molar-refractivity contribution < 1.29 is 9.18 Å². The van der Waals surface area contributed by atoms with E-state index in [2.05, 4.69) is 0 Å². The third-order valence-electron chi connectivity index (χ3n) is 3.58. The van der Waals surface area contributed by atoms with Crippen LogP contribution in [0.15, 0.2) is 24.3 Å². The minimum Gasteiger partial charge on any atom is -0.342 e. The zero-order valence-corrected chi connectivity index (χ0v) is 11.9. The molecule has 2 atom stereocenters. The molecule has 0 saturated heterocycles. The van der Waals surface area contributed by atoms with Gasteiger partial charge in [-0.3, -0.25) is 4.79 Å². The first-order chi connectivity index (χ1) is 8.97. The van der Waals surface area contributed by atoms with Crippen molar-refractivity contribution in [3.63, 3.8) is 0 Å². The molecule has 0 aliphatic carbocycles. The predicted molar refractivity (Wildman–Crippen MR) is 75.2 cm³/mol. The van der Waals surface area contributed by atoms with E-state index in [9.17, 15) is 9.18 Å². The van der Waals surface area contributed by atoms with Crippen LogP contribution in [0.3, 0.4) is 0 Å². The van der Waals surface area contributed by atoms with E-state index < -0.39 is 0 Å². The Labute approximate surface area is 114 Å². The Bertz CT molecular complexity index is 422. The Kier molecular flexibility index (Phi) is 5.96. The Balaban J connectivity index is 2.54. The average Bonchev–Trinajstić information content (AvgIpc) is 2.43. The first-order valence-electron chi connectivity index (χ1n) is 6.67. The van der Waals surface area contributed by atoms with Gasteiger partial charge in [-0.25, -0.2) is 4.39 Å². The van der Waals surface area contributed by atoms with Crippen LogP contribution in [0.2, 0.25) is 0 Å². The summed E-state index contributed by atoms with van der Waals surface area (Å²) in [5.41, 5.74) is 6.22. The van der Waals surface area contributed by atoms with Crippen LogP contribution >= 0.6 is 0 Å². The van der Waals surface area contributed by atoms with E-state index in [1.165, 1.54) is 6.07 Å². The molecule has 4 heteroatoms. The summed E-state index contributed by atoms with van der Waals surface area (Å²) in [6.07, 6.45) is 1.21. The van der Waals surface area contributed by atoms with Crippen molar-refractivity contribution in [2.75, 3.05) is 13.6 Å². The van der Waals surface area contributed by atoms with Crippen molar-refractivity contribution in [3.8, 4) is 0 Å². The third kappa shape index (κ3) is 4.31. The Hall–Kier alpha value is -1.42. The number of likely N-dealkylation sites (N-methyl/N-ethyl adjacent to an activating group) is 1. The zero-order chi connectivity index (χ0) is 14.4. The number of amides is 1. The highest BCUT2D eigenvalue weighted by Crippen LogP contribution is 2.15. The highest BCUT2D eigenvalue weighted by molar-refractivity contribution is 5.78. The minimum absolute atomic E-state index is 0.0309. The quantitative estimate of drug-likeness (QED) is 0.858. The first-order valence-corrected chi connectivity index (χ1v) is 6.67. The molecule has 0 saturated carbocycles. The number of hydrogen-bond acceptors (Lipinski definition) is 2. The lowest BCUT2D eigenvalue weighted by molar-refractivity contribution is -0.135. The van der Waals surface area contributed by atoms with Crippen LogP contribution in [0.5, 0.6) is 0 Å². The van der Waals surface area contributed by atoms with E-state index >= 15 is 0 Å². The second-order valence-corrected chi connectivity index (χ2v) is 5.06. The van der Waals surface area contributed by atoms with Gasteiger partial charge in [0, 0.05) is 25.6 Å². The summed E-state index contributed by atoms with van der Waals surface area (Å²) in [5.74, 6) is -0.265. The summed E-state index contributed by atoms with van der Waals surface area (Å²) in [7, 11) is 1.76. The van der Waals surface area contributed by atoms with Gasteiger partial charge in [0.15, 0.2) is 0 Å². The molecule has 3 nitrogen and oxygen atoms in total. The summed E-state index contributed by atoms with van der Waals surface area (Å²) in [4.78, 5) is 13.8. The Morgan fingerprint density at radius 2 is 2.00 bits per heavy atom. The number of rotatable bonds is 6. The molecule has 0 radical (unpaired) electrons. The van der Waals surface area contributed by atoms with Gasteiger partial charge in [-0.2, -0.15) is 0 Å². The molecule has 1 aromatic carbocycles. The third-order valence-corrected chi connectivity index (χ3v) is 3.58. The second-order valence-electron chi connectivity index (χ2n) is 5.06. The number of halogens is 1. The van der Waals surface area contributed by atoms with E-state index in [4.69, 9.17) is 5.73 Å². The molecule has 0 aromatic heterocycles. The van der Waals surface area contributed by atoms with Gasteiger partial charge in [0.2, 0.25) is 5.91 Å². The Morgan fingerprint density at radius 1 is 1.37 bits per heavy atom. The molecule has 1 amide bonds. The van der Waals surface area contributed by atoms with Gasteiger partial charge in [-0.1, -0.05) is 25.1 Å².